The third-order valence-corrected chi connectivity index (χ3v) is 4.71. The second-order valence-corrected chi connectivity index (χ2v) is 6.94. The van der Waals surface area contributed by atoms with Crippen molar-refractivity contribution < 1.29 is 9.21 Å². The number of anilines is 1. The van der Waals surface area contributed by atoms with E-state index in [9.17, 15) is 4.79 Å². The van der Waals surface area contributed by atoms with E-state index in [0.717, 1.165) is 4.90 Å². The topological polar surface area (TPSA) is 73.0 Å². The Morgan fingerprint density at radius 1 is 1.26 bits per heavy atom. The highest BCUT2D eigenvalue weighted by Crippen LogP contribution is 2.33. The van der Waals surface area contributed by atoms with E-state index in [1.54, 1.807) is 16.8 Å². The molecule has 0 radical (unpaired) electrons. The summed E-state index contributed by atoms with van der Waals surface area (Å²) in [5.74, 6) is -0.0824. The highest BCUT2D eigenvalue weighted by molar-refractivity contribution is 9.10. The summed E-state index contributed by atoms with van der Waals surface area (Å²) in [6, 6.07) is 10.8. The number of furan rings is 1. The number of nitrogens with zero attached hydrogens (tertiary/aromatic N) is 3. The van der Waals surface area contributed by atoms with Crippen LogP contribution in [0, 0.1) is 0 Å². The number of carbonyl (C=O) groups is 1. The van der Waals surface area contributed by atoms with Crippen LogP contribution in [0.5, 0.6) is 0 Å². The van der Waals surface area contributed by atoms with E-state index in [-0.39, 0.29) is 11.7 Å². The van der Waals surface area contributed by atoms with Crippen molar-refractivity contribution in [3.8, 4) is 0 Å². The number of aryl methyl sites for hydroxylation is 1. The highest BCUT2D eigenvalue weighted by Gasteiger charge is 2.15. The number of aromatic nitrogens is 3. The van der Waals surface area contributed by atoms with Crippen molar-refractivity contribution in [2.24, 2.45) is 7.05 Å². The predicted molar refractivity (Wildman–Crippen MR) is 93.6 cm³/mol. The molecule has 0 unspecified atom stereocenters. The van der Waals surface area contributed by atoms with Crippen LogP contribution in [-0.4, -0.2) is 20.7 Å². The molecule has 23 heavy (non-hydrogen) atoms. The van der Waals surface area contributed by atoms with Gasteiger partial charge in [-0.15, -0.1) is 5.10 Å². The number of hydrogen-bond donors (Lipinski definition) is 1. The van der Waals surface area contributed by atoms with Crippen molar-refractivity contribution in [1.82, 2.24) is 14.8 Å². The molecule has 0 bridgehead atoms. The molecule has 0 atom stereocenters. The first-order valence-corrected chi connectivity index (χ1v) is 8.83. The first-order chi connectivity index (χ1) is 11.0. The number of hydrogen-bond acceptors (Lipinski definition) is 5. The Bertz CT molecular complexity index is 862. The number of carbonyl (C=O) groups excluding carboxylic acids is 1. The smallest absolute Gasteiger partial charge is 0.291 e. The minimum absolute atomic E-state index is 0.234. The Hall–Kier alpha value is -1.58. The zero-order valence-corrected chi connectivity index (χ0v) is 15.8. The van der Waals surface area contributed by atoms with Gasteiger partial charge in [0.25, 0.3) is 5.91 Å². The highest BCUT2D eigenvalue weighted by atomic mass is 79.9. The Morgan fingerprint density at radius 2 is 2.04 bits per heavy atom. The number of amides is 1. The number of halogens is 2. The van der Waals surface area contributed by atoms with Gasteiger partial charge in [-0.3, -0.25) is 4.79 Å². The van der Waals surface area contributed by atoms with Crippen LogP contribution in [0.2, 0.25) is 0 Å². The molecule has 2 heterocycles. The lowest BCUT2D eigenvalue weighted by Crippen LogP contribution is -2.11. The van der Waals surface area contributed by atoms with E-state index in [2.05, 4.69) is 47.3 Å². The Balaban J connectivity index is 1.83. The molecular weight excluding hydrogens is 448 g/mol. The predicted octanol–water partition coefficient (Wildman–Crippen LogP) is 4.34. The molecule has 0 saturated carbocycles. The number of nitrogens with one attached hydrogen (secondary N) is 1. The molecule has 3 aromatic rings. The summed E-state index contributed by atoms with van der Waals surface area (Å²) >= 11 is 7.84. The van der Waals surface area contributed by atoms with E-state index in [0.29, 0.717) is 20.2 Å². The molecule has 0 spiro atoms. The SMILES string of the molecule is Cn1nc(Br)nc1Sc1ccccc1NC(=O)c1ccc(Br)o1. The van der Waals surface area contributed by atoms with Crippen molar-refractivity contribution in [3.05, 3.63) is 51.6 Å². The molecule has 0 saturated heterocycles. The van der Waals surface area contributed by atoms with Gasteiger partial charge in [0.1, 0.15) is 0 Å². The lowest BCUT2D eigenvalue weighted by Gasteiger charge is -2.09. The summed E-state index contributed by atoms with van der Waals surface area (Å²) in [6.07, 6.45) is 0. The molecule has 0 aliphatic rings. The second kappa shape index (κ2) is 6.90. The van der Waals surface area contributed by atoms with Gasteiger partial charge in [-0.05, 0) is 67.9 Å². The molecule has 1 N–H and O–H groups in total. The van der Waals surface area contributed by atoms with Crippen molar-refractivity contribution in [2.75, 3.05) is 5.32 Å². The Kier molecular flexibility index (Phi) is 4.88. The number of rotatable bonds is 4. The molecule has 2 aromatic heterocycles. The van der Waals surface area contributed by atoms with Crippen molar-refractivity contribution in [3.63, 3.8) is 0 Å². The summed E-state index contributed by atoms with van der Waals surface area (Å²) in [5, 5.41) is 7.69. The molecular formula is C14H10Br2N4O2S. The van der Waals surface area contributed by atoms with Gasteiger partial charge in [0.2, 0.25) is 4.73 Å². The van der Waals surface area contributed by atoms with E-state index < -0.39 is 0 Å². The third kappa shape index (κ3) is 3.85. The molecule has 1 aromatic carbocycles. The molecule has 118 valence electrons. The fourth-order valence-electron chi connectivity index (χ4n) is 1.81. The first kappa shape index (κ1) is 16.3. The summed E-state index contributed by atoms with van der Waals surface area (Å²) in [6.45, 7) is 0. The molecule has 3 rings (SSSR count). The summed E-state index contributed by atoms with van der Waals surface area (Å²) < 4.78 is 7.95. The number of benzene rings is 1. The number of para-hydroxylation sites is 1. The summed E-state index contributed by atoms with van der Waals surface area (Å²) in [5.41, 5.74) is 0.675. The maximum absolute atomic E-state index is 12.2. The van der Waals surface area contributed by atoms with Crippen LogP contribution in [-0.2, 0) is 7.05 Å². The normalized spacial score (nSPS) is 10.7. The van der Waals surface area contributed by atoms with Crippen LogP contribution in [0.25, 0.3) is 0 Å². The maximum atomic E-state index is 12.2. The van der Waals surface area contributed by atoms with Crippen molar-refractivity contribution in [2.45, 2.75) is 10.1 Å². The van der Waals surface area contributed by atoms with E-state index >= 15 is 0 Å². The molecule has 1 amide bonds. The van der Waals surface area contributed by atoms with Crippen LogP contribution in [0.3, 0.4) is 0 Å². The van der Waals surface area contributed by atoms with E-state index in [1.165, 1.54) is 11.8 Å². The molecule has 9 heteroatoms. The quantitative estimate of drug-likeness (QED) is 0.630. The first-order valence-electron chi connectivity index (χ1n) is 6.43. The zero-order chi connectivity index (χ0) is 16.4. The van der Waals surface area contributed by atoms with Gasteiger partial charge in [-0.2, -0.15) is 4.98 Å². The fraction of sp³-hybridized carbons (Fsp3) is 0.0714. The van der Waals surface area contributed by atoms with Gasteiger partial charge in [0.15, 0.2) is 15.6 Å². The van der Waals surface area contributed by atoms with Gasteiger partial charge < -0.3 is 9.73 Å². The lowest BCUT2D eigenvalue weighted by atomic mass is 10.3. The lowest BCUT2D eigenvalue weighted by molar-refractivity contribution is 0.0995. The largest absolute Gasteiger partial charge is 0.444 e. The van der Waals surface area contributed by atoms with Gasteiger partial charge >= 0.3 is 0 Å². The molecule has 0 aliphatic heterocycles. The third-order valence-electron chi connectivity index (χ3n) is 2.83. The van der Waals surface area contributed by atoms with Crippen molar-refractivity contribution in [1.29, 1.82) is 0 Å². The molecule has 0 fully saturated rings. The van der Waals surface area contributed by atoms with Gasteiger partial charge in [-0.1, -0.05) is 12.1 Å². The standard InChI is InChI=1S/C14H10Br2N4O2S/c1-20-14(18-13(16)19-20)23-10-5-3-2-4-8(10)17-12(21)9-6-7-11(15)22-9/h2-7H,1H3,(H,17,21). The van der Waals surface area contributed by atoms with Crippen LogP contribution in [0.1, 0.15) is 10.6 Å². The van der Waals surface area contributed by atoms with E-state index in [4.69, 9.17) is 4.42 Å². The maximum Gasteiger partial charge on any atom is 0.291 e. The Morgan fingerprint density at radius 3 is 2.70 bits per heavy atom. The van der Waals surface area contributed by atoms with Gasteiger partial charge in [-0.25, -0.2) is 4.68 Å². The molecule has 0 aliphatic carbocycles. The fourth-order valence-corrected chi connectivity index (χ4v) is 3.51. The summed E-state index contributed by atoms with van der Waals surface area (Å²) in [7, 11) is 1.81. The monoisotopic (exact) mass is 456 g/mol. The Labute approximate surface area is 152 Å². The zero-order valence-electron chi connectivity index (χ0n) is 11.8. The van der Waals surface area contributed by atoms with Crippen LogP contribution >= 0.6 is 43.6 Å². The summed E-state index contributed by atoms with van der Waals surface area (Å²) in [4.78, 5) is 17.4. The van der Waals surface area contributed by atoms with Gasteiger partial charge in [0.05, 0.1) is 5.69 Å². The van der Waals surface area contributed by atoms with Crippen LogP contribution in [0.4, 0.5) is 5.69 Å². The minimum Gasteiger partial charge on any atom is -0.444 e. The van der Waals surface area contributed by atoms with Crippen LogP contribution < -0.4 is 5.32 Å². The van der Waals surface area contributed by atoms with Crippen LogP contribution in [0.15, 0.2) is 60.3 Å². The van der Waals surface area contributed by atoms with Gasteiger partial charge in [0, 0.05) is 11.9 Å². The average molecular weight is 458 g/mol. The minimum atomic E-state index is -0.317. The second-order valence-electron chi connectivity index (χ2n) is 4.44. The van der Waals surface area contributed by atoms with E-state index in [1.807, 2.05) is 31.3 Å². The van der Waals surface area contributed by atoms with Crippen molar-refractivity contribution >= 4 is 55.2 Å². The average Bonchev–Trinajstić information content (AvgIpc) is 3.07. The molecule has 6 nitrogen and oxygen atoms in total.